The van der Waals surface area contributed by atoms with E-state index in [9.17, 15) is 14.8 Å². The van der Waals surface area contributed by atoms with E-state index in [1.54, 1.807) is 0 Å². The van der Waals surface area contributed by atoms with E-state index < -0.39 is 17.7 Å². The molecule has 0 aromatic heterocycles. The number of amides is 2. The predicted molar refractivity (Wildman–Crippen MR) is 124 cm³/mol. The highest BCUT2D eigenvalue weighted by Crippen LogP contribution is 2.30. The van der Waals surface area contributed by atoms with Gasteiger partial charge in [-0.15, -0.1) is 0 Å². The number of allylic oxidation sites excluding steroid dienone is 1. The minimum absolute atomic E-state index is 0.103. The number of hydrogen-bond acceptors (Lipinski definition) is 7. The summed E-state index contributed by atoms with van der Waals surface area (Å²) in [5.74, 6) is -1.67. The number of aliphatic imine (C=N–C) groups is 1. The Labute approximate surface area is 195 Å². The molecule has 0 aromatic carbocycles. The van der Waals surface area contributed by atoms with Crippen molar-refractivity contribution in [2.75, 3.05) is 33.2 Å². The largest absolute Gasteiger partial charge is 0.387 e. The summed E-state index contributed by atoms with van der Waals surface area (Å²) in [6.45, 7) is 9.27. The van der Waals surface area contributed by atoms with Gasteiger partial charge in [0.2, 0.25) is 12.3 Å². The molecule has 0 aromatic rings. The summed E-state index contributed by atoms with van der Waals surface area (Å²) < 4.78 is 15.3. The van der Waals surface area contributed by atoms with E-state index in [0.29, 0.717) is 30.5 Å². The highest BCUT2D eigenvalue weighted by Gasteiger charge is 2.28. The van der Waals surface area contributed by atoms with E-state index in [1.165, 1.54) is 6.92 Å². The number of nitrogens with one attached hydrogen (secondary N) is 2. The lowest BCUT2D eigenvalue weighted by molar-refractivity contribution is -0.155. The van der Waals surface area contributed by atoms with Gasteiger partial charge in [0, 0.05) is 25.7 Å². The number of piperazine rings is 1. The van der Waals surface area contributed by atoms with Crippen molar-refractivity contribution in [2.24, 2.45) is 22.6 Å². The number of rotatable bonds is 11. The first-order valence-corrected chi connectivity index (χ1v) is 11.4. The second-order valence-corrected chi connectivity index (χ2v) is 9.06. The molecule has 1 saturated carbocycles. The Morgan fingerprint density at radius 3 is 2.61 bits per heavy atom. The van der Waals surface area contributed by atoms with Gasteiger partial charge in [-0.25, -0.2) is 14.4 Å². The molecule has 11 heteroatoms. The minimum Gasteiger partial charge on any atom is -0.387 e. The molecule has 186 valence electrons. The number of hydroxylamine groups is 2. The smallest absolute Gasteiger partial charge is 0.243 e. The Morgan fingerprint density at radius 2 is 2.03 bits per heavy atom. The van der Waals surface area contributed by atoms with Gasteiger partial charge in [-0.3, -0.25) is 25.6 Å². The van der Waals surface area contributed by atoms with Gasteiger partial charge in [0.05, 0.1) is 24.0 Å². The zero-order valence-electron chi connectivity index (χ0n) is 19.9. The molecule has 0 spiro atoms. The molecule has 0 bridgehead atoms. The molecule has 0 radical (unpaired) electrons. The second-order valence-electron chi connectivity index (χ2n) is 9.06. The summed E-state index contributed by atoms with van der Waals surface area (Å²) in [7, 11) is 2.02. The van der Waals surface area contributed by atoms with E-state index >= 15 is 4.39 Å². The fourth-order valence-electron chi connectivity index (χ4n) is 4.28. The van der Waals surface area contributed by atoms with Gasteiger partial charge in [-0.2, -0.15) is 0 Å². The number of carbonyl (C=O) groups is 2. The highest BCUT2D eigenvalue weighted by molar-refractivity contribution is 5.80. The molecule has 1 saturated heterocycles. The van der Waals surface area contributed by atoms with Crippen LogP contribution in [0.4, 0.5) is 4.39 Å². The number of amidine groups is 1. The Bertz CT molecular complexity index is 763. The van der Waals surface area contributed by atoms with E-state index in [0.717, 1.165) is 32.2 Å². The molecule has 2 atom stereocenters. The summed E-state index contributed by atoms with van der Waals surface area (Å²) >= 11 is 0. The molecular formula is C22H38FN7O3. The van der Waals surface area contributed by atoms with Gasteiger partial charge < -0.3 is 15.5 Å². The SMILES string of the molecule is C=C(/C(F)=C(\N=C(C)N)NNC(=O)[C@H](CC1CCCC1)CN(O)C=O)N1CCN(C)[C@H](C)C1. The third-order valence-electron chi connectivity index (χ3n) is 6.39. The standard InChI is InChI=1S/C22H38FN7O3/c1-15-12-29(10-9-28(15)4)16(2)20(23)21(25-17(3)24)26-27-22(32)19(13-30(33)14-31)11-18-7-5-6-8-18/h14-15,18-19,26,33H,2,5-13H2,1,3-4H3,(H2,24,25)(H,27,32)/b21-20-/t15-,19-/m1/s1. The highest BCUT2D eigenvalue weighted by atomic mass is 19.1. The van der Waals surface area contributed by atoms with Gasteiger partial charge in [0.1, 0.15) is 0 Å². The van der Waals surface area contributed by atoms with Crippen LogP contribution in [-0.2, 0) is 9.59 Å². The van der Waals surface area contributed by atoms with Crippen LogP contribution >= 0.6 is 0 Å². The zero-order valence-corrected chi connectivity index (χ0v) is 19.9. The molecule has 2 aliphatic rings. The fraction of sp³-hybridized carbons (Fsp3) is 0.682. The summed E-state index contributed by atoms with van der Waals surface area (Å²) in [6.07, 6.45) is 4.99. The number of hydrazine groups is 1. The van der Waals surface area contributed by atoms with Crippen LogP contribution in [0, 0.1) is 11.8 Å². The maximum Gasteiger partial charge on any atom is 0.243 e. The van der Waals surface area contributed by atoms with Crippen molar-refractivity contribution in [1.82, 2.24) is 25.7 Å². The lowest BCUT2D eigenvalue weighted by Crippen LogP contribution is -2.49. The van der Waals surface area contributed by atoms with Gasteiger partial charge in [0.25, 0.3) is 0 Å². The Morgan fingerprint density at radius 1 is 1.36 bits per heavy atom. The van der Waals surface area contributed by atoms with Crippen molar-refractivity contribution in [3.05, 3.63) is 23.9 Å². The predicted octanol–water partition coefficient (Wildman–Crippen LogP) is 1.32. The van der Waals surface area contributed by atoms with Gasteiger partial charge in [-0.1, -0.05) is 32.3 Å². The number of halogens is 1. The van der Waals surface area contributed by atoms with E-state index in [4.69, 9.17) is 5.73 Å². The number of carbonyl (C=O) groups excluding carboxylic acids is 2. The van der Waals surface area contributed by atoms with Crippen molar-refractivity contribution in [2.45, 2.75) is 52.0 Å². The molecule has 1 aliphatic heterocycles. The number of nitrogens with two attached hydrogens (primary N) is 1. The number of nitrogens with zero attached hydrogens (tertiary/aromatic N) is 4. The Hall–Kier alpha value is -2.66. The molecule has 1 aliphatic carbocycles. The molecule has 2 rings (SSSR count). The van der Waals surface area contributed by atoms with Crippen LogP contribution in [0.3, 0.4) is 0 Å². The Balaban J connectivity index is 2.11. The van der Waals surface area contributed by atoms with Crippen molar-refractivity contribution < 1.29 is 19.2 Å². The van der Waals surface area contributed by atoms with Crippen molar-refractivity contribution in [1.29, 1.82) is 0 Å². The van der Waals surface area contributed by atoms with Gasteiger partial charge >= 0.3 is 0 Å². The first kappa shape index (κ1) is 26.6. The lowest BCUT2D eigenvalue weighted by atomic mass is 9.92. The average Bonchev–Trinajstić information content (AvgIpc) is 3.29. The summed E-state index contributed by atoms with van der Waals surface area (Å²) in [5.41, 5.74) is 10.8. The quantitative estimate of drug-likeness (QED) is 0.0901. The number of hydrogen-bond donors (Lipinski definition) is 4. The van der Waals surface area contributed by atoms with Crippen LogP contribution in [0.15, 0.2) is 28.9 Å². The summed E-state index contributed by atoms with van der Waals surface area (Å²) in [4.78, 5) is 31.7. The topological polar surface area (TPSA) is 127 Å². The number of likely N-dealkylation sites (N-methyl/N-ethyl adjacent to an activating group) is 1. The third-order valence-corrected chi connectivity index (χ3v) is 6.39. The maximum atomic E-state index is 15.3. The van der Waals surface area contributed by atoms with Crippen LogP contribution in [0.5, 0.6) is 0 Å². The van der Waals surface area contributed by atoms with E-state index in [1.807, 2.05) is 11.9 Å². The Kier molecular flexibility index (Phi) is 10.1. The monoisotopic (exact) mass is 467 g/mol. The van der Waals surface area contributed by atoms with Crippen molar-refractivity contribution in [3.8, 4) is 0 Å². The fourth-order valence-corrected chi connectivity index (χ4v) is 4.28. The normalized spacial score (nSPS) is 21.9. The molecule has 33 heavy (non-hydrogen) atoms. The van der Waals surface area contributed by atoms with Gasteiger partial charge in [-0.05, 0) is 33.2 Å². The average molecular weight is 468 g/mol. The van der Waals surface area contributed by atoms with Gasteiger partial charge in [0.15, 0.2) is 11.6 Å². The molecule has 2 amide bonds. The maximum absolute atomic E-state index is 15.3. The molecule has 0 unspecified atom stereocenters. The zero-order chi connectivity index (χ0) is 24.5. The molecule has 5 N–H and O–H groups in total. The van der Waals surface area contributed by atoms with E-state index in [2.05, 4.69) is 34.2 Å². The third kappa shape index (κ3) is 8.01. The second kappa shape index (κ2) is 12.5. The molecule has 10 nitrogen and oxygen atoms in total. The van der Waals surface area contributed by atoms with Crippen molar-refractivity contribution in [3.63, 3.8) is 0 Å². The molecule has 1 heterocycles. The van der Waals surface area contributed by atoms with Crippen LogP contribution in [0.25, 0.3) is 0 Å². The minimum atomic E-state index is -0.721. The van der Waals surface area contributed by atoms with Crippen LogP contribution < -0.4 is 16.6 Å². The first-order valence-electron chi connectivity index (χ1n) is 11.4. The lowest BCUT2D eigenvalue weighted by Gasteiger charge is -2.39. The molecule has 2 fully saturated rings. The van der Waals surface area contributed by atoms with Crippen LogP contribution in [0.1, 0.15) is 46.0 Å². The van der Waals surface area contributed by atoms with Crippen LogP contribution in [-0.4, -0.2) is 77.5 Å². The summed E-state index contributed by atoms with van der Waals surface area (Å²) in [5, 5.41) is 10.1. The summed E-state index contributed by atoms with van der Waals surface area (Å²) in [6, 6.07) is 0.231. The molecular weight excluding hydrogens is 429 g/mol. The van der Waals surface area contributed by atoms with E-state index in [-0.39, 0.29) is 36.4 Å². The first-order chi connectivity index (χ1) is 15.6. The van der Waals surface area contributed by atoms with Crippen LogP contribution in [0.2, 0.25) is 0 Å². The van der Waals surface area contributed by atoms with Crippen molar-refractivity contribution >= 4 is 18.2 Å².